The van der Waals surface area contributed by atoms with Crippen molar-refractivity contribution >= 4 is 16.7 Å². The van der Waals surface area contributed by atoms with E-state index >= 15 is 0 Å². The van der Waals surface area contributed by atoms with Gasteiger partial charge in [0.05, 0.1) is 25.8 Å². The molecule has 174 valence electrons. The molecule has 1 aliphatic heterocycles. The average molecular weight is 455 g/mol. The van der Waals surface area contributed by atoms with Gasteiger partial charge in [-0.05, 0) is 60.4 Å². The van der Waals surface area contributed by atoms with E-state index in [0.29, 0.717) is 11.7 Å². The van der Waals surface area contributed by atoms with E-state index in [2.05, 4.69) is 59.3 Å². The lowest BCUT2D eigenvalue weighted by Crippen LogP contribution is -2.35. The molecule has 4 aromatic rings. The third-order valence-corrected chi connectivity index (χ3v) is 6.49. The lowest BCUT2D eigenvalue weighted by molar-refractivity contribution is 0.0342. The molecule has 5 rings (SSSR count). The van der Waals surface area contributed by atoms with Crippen LogP contribution in [0.1, 0.15) is 16.7 Å². The van der Waals surface area contributed by atoms with Crippen molar-refractivity contribution < 1.29 is 9.47 Å². The normalized spacial score (nSPS) is 14.4. The molecule has 1 saturated heterocycles. The van der Waals surface area contributed by atoms with Crippen LogP contribution in [0.2, 0.25) is 0 Å². The number of rotatable bonds is 5. The Hall–Kier alpha value is -3.48. The summed E-state index contributed by atoms with van der Waals surface area (Å²) in [5.74, 6) is 1.19. The second-order valence-corrected chi connectivity index (χ2v) is 8.92. The summed E-state index contributed by atoms with van der Waals surface area (Å²) in [6.45, 7) is 8.66. The fourth-order valence-corrected chi connectivity index (χ4v) is 4.66. The molecule has 2 N–H and O–H groups in total. The van der Waals surface area contributed by atoms with Crippen LogP contribution in [-0.2, 0) is 11.3 Å². The summed E-state index contributed by atoms with van der Waals surface area (Å²) in [7, 11) is 1.64. The first-order valence-corrected chi connectivity index (χ1v) is 11.6. The SMILES string of the molecule is COc1ncc(-c2ccc3nc(N)c(-c4ccc(CN5CCOCC5)cc4C)cc3c2)cc1C. The van der Waals surface area contributed by atoms with E-state index in [0.717, 1.165) is 71.6 Å². The van der Waals surface area contributed by atoms with Crippen molar-refractivity contribution in [2.24, 2.45) is 0 Å². The van der Waals surface area contributed by atoms with Gasteiger partial charge in [0.2, 0.25) is 5.88 Å². The number of pyridine rings is 2. The predicted octanol–water partition coefficient (Wildman–Crippen LogP) is 5.00. The molecule has 6 nitrogen and oxygen atoms in total. The molecule has 6 heteroatoms. The maximum Gasteiger partial charge on any atom is 0.215 e. The highest BCUT2D eigenvalue weighted by atomic mass is 16.5. The first-order chi connectivity index (χ1) is 16.5. The van der Waals surface area contributed by atoms with Crippen LogP contribution in [0, 0.1) is 13.8 Å². The summed E-state index contributed by atoms with van der Waals surface area (Å²) in [5.41, 5.74) is 15.0. The third kappa shape index (κ3) is 4.47. The van der Waals surface area contributed by atoms with Crippen LogP contribution in [0.5, 0.6) is 5.88 Å². The Morgan fingerprint density at radius 3 is 2.50 bits per heavy atom. The highest BCUT2D eigenvalue weighted by Gasteiger charge is 2.14. The van der Waals surface area contributed by atoms with Gasteiger partial charge in [-0.1, -0.05) is 24.3 Å². The zero-order valence-corrected chi connectivity index (χ0v) is 20.0. The lowest BCUT2D eigenvalue weighted by Gasteiger charge is -2.26. The third-order valence-electron chi connectivity index (χ3n) is 6.49. The fraction of sp³-hybridized carbons (Fsp3) is 0.286. The quantitative estimate of drug-likeness (QED) is 0.457. The van der Waals surface area contributed by atoms with Crippen molar-refractivity contribution in [1.29, 1.82) is 0 Å². The molecular formula is C28H30N4O2. The minimum atomic E-state index is 0.547. The molecule has 34 heavy (non-hydrogen) atoms. The Balaban J connectivity index is 1.48. The van der Waals surface area contributed by atoms with E-state index < -0.39 is 0 Å². The molecule has 0 amide bonds. The minimum absolute atomic E-state index is 0.547. The van der Waals surface area contributed by atoms with Crippen molar-refractivity contribution in [3.8, 4) is 28.1 Å². The summed E-state index contributed by atoms with van der Waals surface area (Å²) in [6.07, 6.45) is 1.84. The van der Waals surface area contributed by atoms with E-state index in [1.54, 1.807) is 7.11 Å². The smallest absolute Gasteiger partial charge is 0.215 e. The molecule has 0 spiro atoms. The van der Waals surface area contributed by atoms with Gasteiger partial charge in [-0.3, -0.25) is 4.90 Å². The number of aromatic nitrogens is 2. The Labute approximate surface area is 200 Å². The monoisotopic (exact) mass is 454 g/mol. The molecule has 0 bridgehead atoms. The fourth-order valence-electron chi connectivity index (χ4n) is 4.66. The molecule has 0 unspecified atom stereocenters. The zero-order chi connectivity index (χ0) is 23.7. The molecule has 2 aromatic heterocycles. The maximum atomic E-state index is 6.42. The summed E-state index contributed by atoms with van der Waals surface area (Å²) in [4.78, 5) is 11.6. The number of hydrogen-bond donors (Lipinski definition) is 1. The summed E-state index contributed by atoms with van der Waals surface area (Å²) in [6, 6.07) is 17.1. The molecular weight excluding hydrogens is 424 g/mol. The minimum Gasteiger partial charge on any atom is -0.481 e. The second kappa shape index (κ2) is 9.41. The number of anilines is 1. The largest absolute Gasteiger partial charge is 0.481 e. The van der Waals surface area contributed by atoms with Gasteiger partial charge in [0, 0.05) is 47.9 Å². The van der Waals surface area contributed by atoms with Crippen LogP contribution in [0.4, 0.5) is 5.82 Å². The Bertz CT molecular complexity index is 1350. The molecule has 0 saturated carbocycles. The van der Waals surface area contributed by atoms with Gasteiger partial charge < -0.3 is 15.2 Å². The Morgan fingerprint density at radius 1 is 0.941 bits per heavy atom. The number of nitrogen functional groups attached to an aromatic ring is 1. The van der Waals surface area contributed by atoms with Crippen molar-refractivity contribution in [1.82, 2.24) is 14.9 Å². The number of nitrogens with zero attached hydrogens (tertiary/aromatic N) is 3. The van der Waals surface area contributed by atoms with Gasteiger partial charge in [-0.15, -0.1) is 0 Å². The number of aryl methyl sites for hydroxylation is 2. The Morgan fingerprint density at radius 2 is 1.76 bits per heavy atom. The number of morpholine rings is 1. The number of benzene rings is 2. The summed E-state index contributed by atoms with van der Waals surface area (Å²) < 4.78 is 10.8. The number of nitrogens with two attached hydrogens (primary N) is 1. The van der Waals surface area contributed by atoms with Gasteiger partial charge in [-0.25, -0.2) is 9.97 Å². The zero-order valence-electron chi connectivity index (χ0n) is 20.0. The van der Waals surface area contributed by atoms with Crippen LogP contribution in [0.15, 0.2) is 54.7 Å². The van der Waals surface area contributed by atoms with Gasteiger partial charge >= 0.3 is 0 Å². The van der Waals surface area contributed by atoms with Crippen LogP contribution in [-0.4, -0.2) is 48.3 Å². The van der Waals surface area contributed by atoms with Gasteiger partial charge in [-0.2, -0.15) is 0 Å². The molecule has 1 fully saturated rings. The lowest BCUT2D eigenvalue weighted by atomic mass is 9.96. The Kier molecular flexibility index (Phi) is 6.18. The standard InChI is InChI=1S/C28H30N4O2/c1-18-12-20(17-32-8-10-34-11-9-32)4-6-24(18)25-15-22-14-21(5-7-26(22)31-27(25)29)23-13-19(2)28(33-3)30-16-23/h4-7,12-16H,8-11,17H2,1-3H3,(H2,29,31). The van der Waals surface area contributed by atoms with Crippen molar-refractivity contribution in [3.05, 3.63) is 71.4 Å². The predicted molar refractivity (Wildman–Crippen MR) is 137 cm³/mol. The van der Waals surface area contributed by atoms with Crippen molar-refractivity contribution in [2.45, 2.75) is 20.4 Å². The first kappa shape index (κ1) is 22.3. The number of methoxy groups -OCH3 is 1. The average Bonchev–Trinajstić information content (AvgIpc) is 2.84. The molecule has 1 aliphatic rings. The summed E-state index contributed by atoms with van der Waals surface area (Å²) >= 11 is 0. The van der Waals surface area contributed by atoms with E-state index in [1.807, 2.05) is 19.2 Å². The van der Waals surface area contributed by atoms with E-state index in [1.165, 1.54) is 11.1 Å². The number of hydrogen-bond acceptors (Lipinski definition) is 6. The second-order valence-electron chi connectivity index (χ2n) is 8.92. The highest BCUT2D eigenvalue weighted by Crippen LogP contribution is 2.33. The van der Waals surface area contributed by atoms with Gasteiger partial charge in [0.1, 0.15) is 5.82 Å². The van der Waals surface area contributed by atoms with E-state index in [-0.39, 0.29) is 0 Å². The number of fused-ring (bicyclic) bond motifs is 1. The first-order valence-electron chi connectivity index (χ1n) is 11.6. The van der Waals surface area contributed by atoms with Crippen LogP contribution in [0.25, 0.3) is 33.2 Å². The van der Waals surface area contributed by atoms with Crippen LogP contribution in [0.3, 0.4) is 0 Å². The maximum absolute atomic E-state index is 6.42. The summed E-state index contributed by atoms with van der Waals surface area (Å²) in [5, 5.41) is 1.05. The number of ether oxygens (including phenoxy) is 2. The van der Waals surface area contributed by atoms with Gasteiger partial charge in [0.15, 0.2) is 0 Å². The van der Waals surface area contributed by atoms with Crippen molar-refractivity contribution in [2.75, 3.05) is 39.1 Å². The topological polar surface area (TPSA) is 73.5 Å². The van der Waals surface area contributed by atoms with E-state index in [4.69, 9.17) is 20.2 Å². The molecule has 0 aliphatic carbocycles. The van der Waals surface area contributed by atoms with Gasteiger partial charge in [0.25, 0.3) is 0 Å². The molecule has 0 atom stereocenters. The molecule has 3 heterocycles. The molecule has 0 radical (unpaired) electrons. The van der Waals surface area contributed by atoms with Crippen molar-refractivity contribution in [3.63, 3.8) is 0 Å². The van der Waals surface area contributed by atoms with Crippen LogP contribution >= 0.6 is 0 Å². The van der Waals surface area contributed by atoms with Crippen LogP contribution < -0.4 is 10.5 Å². The highest BCUT2D eigenvalue weighted by molar-refractivity contribution is 5.92. The molecule has 2 aromatic carbocycles. The van der Waals surface area contributed by atoms with E-state index in [9.17, 15) is 0 Å².